The Labute approximate surface area is 127 Å². The second-order valence-corrected chi connectivity index (χ2v) is 4.29. The molecule has 3 nitrogen and oxygen atoms in total. The van der Waals surface area contributed by atoms with Gasteiger partial charge in [0.2, 0.25) is 0 Å². The van der Waals surface area contributed by atoms with Crippen LogP contribution < -0.4 is 0 Å². The average Bonchev–Trinajstić information content (AvgIpc) is 2.90. The van der Waals surface area contributed by atoms with Gasteiger partial charge in [-0.05, 0) is 24.3 Å². The number of hydrogen-bond acceptors (Lipinski definition) is 2. The Morgan fingerprint density at radius 1 is 1.14 bits per heavy atom. The highest BCUT2D eigenvalue weighted by Crippen LogP contribution is 2.20. The molecule has 0 radical (unpaired) electrons. The monoisotopic (exact) mass is 299 g/mol. The summed E-state index contributed by atoms with van der Waals surface area (Å²) in [4.78, 5) is 7.40. The van der Waals surface area contributed by atoms with Gasteiger partial charge in [-0.2, -0.15) is 5.26 Å². The molecule has 5 heteroatoms. The van der Waals surface area contributed by atoms with Gasteiger partial charge in [-0.15, -0.1) is 12.4 Å². The molecule has 21 heavy (non-hydrogen) atoms. The normalized spacial score (nSPS) is 11.0. The third kappa shape index (κ3) is 2.93. The summed E-state index contributed by atoms with van der Waals surface area (Å²) in [6, 6.07) is 15.9. The topological polar surface area (TPSA) is 52.5 Å². The van der Waals surface area contributed by atoms with Crippen molar-refractivity contribution in [1.29, 1.82) is 5.26 Å². The highest BCUT2D eigenvalue weighted by atomic mass is 35.5. The first-order valence-corrected chi connectivity index (χ1v) is 6.09. The van der Waals surface area contributed by atoms with E-state index in [4.69, 9.17) is 0 Å². The molecule has 104 valence electrons. The molecule has 0 amide bonds. The lowest BCUT2D eigenvalue weighted by atomic mass is 10.1. The number of halogens is 2. The van der Waals surface area contributed by atoms with Gasteiger partial charge in [0.15, 0.2) is 0 Å². The first-order valence-electron chi connectivity index (χ1n) is 6.09. The van der Waals surface area contributed by atoms with Crippen molar-refractivity contribution >= 4 is 35.1 Å². The zero-order chi connectivity index (χ0) is 13.9. The van der Waals surface area contributed by atoms with Crippen LogP contribution in [0.2, 0.25) is 0 Å². The number of nitriles is 1. The lowest BCUT2D eigenvalue weighted by Gasteiger charge is -1.97. The summed E-state index contributed by atoms with van der Waals surface area (Å²) >= 11 is 0. The molecule has 1 aromatic heterocycles. The number of para-hydroxylation sites is 2. The molecule has 0 fully saturated rings. The number of rotatable bonds is 2. The predicted octanol–water partition coefficient (Wildman–Crippen LogP) is 4.19. The third-order valence-electron chi connectivity index (χ3n) is 2.97. The maximum atomic E-state index is 13.6. The van der Waals surface area contributed by atoms with E-state index in [0.717, 1.165) is 11.0 Å². The summed E-state index contributed by atoms with van der Waals surface area (Å²) in [6.45, 7) is 0. The van der Waals surface area contributed by atoms with Crippen LogP contribution in [0.25, 0.3) is 22.7 Å². The van der Waals surface area contributed by atoms with Gasteiger partial charge in [0.05, 0.1) is 16.6 Å². The summed E-state index contributed by atoms with van der Waals surface area (Å²) in [5.74, 6) is 0.0771. The smallest absolute Gasteiger partial charge is 0.149 e. The second-order valence-electron chi connectivity index (χ2n) is 4.29. The molecule has 1 heterocycles. The quantitative estimate of drug-likeness (QED) is 0.721. The van der Waals surface area contributed by atoms with Crippen LogP contribution in [0.5, 0.6) is 0 Å². The number of allylic oxidation sites excluding steroid dienone is 1. The zero-order valence-corrected chi connectivity index (χ0v) is 11.7. The molecule has 0 aliphatic carbocycles. The zero-order valence-electron chi connectivity index (χ0n) is 10.9. The molecule has 2 aromatic carbocycles. The van der Waals surface area contributed by atoms with Crippen LogP contribution in [0.15, 0.2) is 48.5 Å². The molecule has 0 aliphatic heterocycles. The molecule has 0 unspecified atom stereocenters. The van der Waals surface area contributed by atoms with Crippen molar-refractivity contribution in [3.63, 3.8) is 0 Å². The van der Waals surface area contributed by atoms with E-state index in [2.05, 4.69) is 16.0 Å². The minimum absolute atomic E-state index is 0. The molecule has 1 N–H and O–H groups in total. The largest absolute Gasteiger partial charge is 0.337 e. The van der Waals surface area contributed by atoms with Crippen LogP contribution in [-0.4, -0.2) is 9.97 Å². The van der Waals surface area contributed by atoms with Crippen molar-refractivity contribution in [3.8, 4) is 6.07 Å². The van der Waals surface area contributed by atoms with Gasteiger partial charge in [-0.3, -0.25) is 0 Å². The first-order chi connectivity index (χ1) is 9.78. The highest BCUT2D eigenvalue weighted by molar-refractivity contribution is 5.90. The Bertz CT molecular complexity index is 813. The number of aromatic amines is 1. The van der Waals surface area contributed by atoms with Gasteiger partial charge in [-0.1, -0.05) is 30.3 Å². The van der Waals surface area contributed by atoms with Gasteiger partial charge >= 0.3 is 0 Å². The van der Waals surface area contributed by atoms with Crippen LogP contribution in [0.3, 0.4) is 0 Å². The molecule has 0 spiro atoms. The van der Waals surface area contributed by atoms with Crippen molar-refractivity contribution in [3.05, 3.63) is 65.7 Å². The fourth-order valence-corrected chi connectivity index (χ4v) is 1.98. The number of nitrogens with zero attached hydrogens (tertiary/aromatic N) is 2. The maximum absolute atomic E-state index is 13.6. The Kier molecular flexibility index (Phi) is 4.36. The molecular formula is C16H11ClFN3. The minimum Gasteiger partial charge on any atom is -0.337 e. The van der Waals surface area contributed by atoms with Crippen molar-refractivity contribution < 1.29 is 4.39 Å². The van der Waals surface area contributed by atoms with E-state index in [1.807, 2.05) is 24.3 Å². The number of H-pyrrole nitrogens is 1. The number of benzene rings is 2. The Balaban J connectivity index is 0.00000161. The first kappa shape index (κ1) is 14.8. The lowest BCUT2D eigenvalue weighted by molar-refractivity contribution is 0.625. The summed E-state index contributed by atoms with van der Waals surface area (Å²) in [6.07, 6.45) is 1.49. The van der Waals surface area contributed by atoms with Gasteiger partial charge in [-0.25, -0.2) is 9.37 Å². The van der Waals surface area contributed by atoms with E-state index < -0.39 is 0 Å². The molecule has 0 saturated carbocycles. The lowest BCUT2D eigenvalue weighted by Crippen LogP contribution is -1.87. The number of fused-ring (bicyclic) bond motifs is 1. The van der Waals surface area contributed by atoms with E-state index in [0.29, 0.717) is 17.0 Å². The highest BCUT2D eigenvalue weighted by Gasteiger charge is 2.08. The van der Waals surface area contributed by atoms with Gasteiger partial charge in [0.1, 0.15) is 17.7 Å². The van der Waals surface area contributed by atoms with E-state index in [1.54, 1.807) is 18.2 Å². The van der Waals surface area contributed by atoms with E-state index in [-0.39, 0.29) is 18.2 Å². The van der Waals surface area contributed by atoms with E-state index in [1.165, 1.54) is 12.1 Å². The van der Waals surface area contributed by atoms with Crippen molar-refractivity contribution in [1.82, 2.24) is 9.97 Å². The molecule has 0 bridgehead atoms. The van der Waals surface area contributed by atoms with Crippen LogP contribution >= 0.6 is 12.4 Å². The molecule has 3 aromatic rings. The minimum atomic E-state index is -0.364. The van der Waals surface area contributed by atoms with Crippen LogP contribution in [0.1, 0.15) is 11.4 Å². The summed E-state index contributed by atoms with van der Waals surface area (Å²) in [7, 11) is 0. The predicted molar refractivity (Wildman–Crippen MR) is 83.2 cm³/mol. The van der Waals surface area contributed by atoms with E-state index in [9.17, 15) is 9.65 Å². The van der Waals surface area contributed by atoms with Crippen LogP contribution in [0, 0.1) is 17.1 Å². The van der Waals surface area contributed by atoms with E-state index >= 15 is 0 Å². The number of aromatic nitrogens is 2. The average molecular weight is 300 g/mol. The molecule has 3 rings (SSSR count). The van der Waals surface area contributed by atoms with Crippen molar-refractivity contribution in [2.75, 3.05) is 0 Å². The Morgan fingerprint density at radius 3 is 2.57 bits per heavy atom. The number of hydrogen-bond donors (Lipinski definition) is 1. The standard InChI is InChI=1S/C16H10FN3.ClH/c17-13-6-2-1-5-11(13)9-12(10-18)16-19-14-7-3-4-8-15(14)20-16;/h1-9H,(H,19,20);1H. The van der Waals surface area contributed by atoms with Crippen molar-refractivity contribution in [2.45, 2.75) is 0 Å². The van der Waals surface area contributed by atoms with Gasteiger partial charge in [0, 0.05) is 5.56 Å². The summed E-state index contributed by atoms with van der Waals surface area (Å²) < 4.78 is 13.6. The maximum Gasteiger partial charge on any atom is 0.149 e. The summed E-state index contributed by atoms with van der Waals surface area (Å²) in [5, 5.41) is 9.26. The SMILES string of the molecule is Cl.N#CC(=Cc1ccccc1F)c1nc2ccccc2[nH]1. The van der Waals surface area contributed by atoms with Gasteiger partial charge < -0.3 is 4.98 Å². The van der Waals surface area contributed by atoms with Crippen molar-refractivity contribution in [2.24, 2.45) is 0 Å². The second kappa shape index (κ2) is 6.21. The third-order valence-corrected chi connectivity index (χ3v) is 2.97. The fourth-order valence-electron chi connectivity index (χ4n) is 1.98. The molecular weight excluding hydrogens is 289 g/mol. The van der Waals surface area contributed by atoms with Gasteiger partial charge in [0.25, 0.3) is 0 Å². The number of nitrogens with one attached hydrogen (secondary N) is 1. The Hall–Kier alpha value is -2.64. The summed E-state index contributed by atoms with van der Waals surface area (Å²) in [5.41, 5.74) is 2.28. The molecule has 0 saturated heterocycles. The van der Waals surface area contributed by atoms with Crippen LogP contribution in [0.4, 0.5) is 4.39 Å². The molecule has 0 atom stereocenters. The Morgan fingerprint density at radius 2 is 1.86 bits per heavy atom. The number of imidazole rings is 1. The van der Waals surface area contributed by atoms with Crippen LogP contribution in [-0.2, 0) is 0 Å². The fraction of sp³-hybridized carbons (Fsp3) is 0. The molecule has 0 aliphatic rings.